The molecule has 2 N–H and O–H groups in total. The van der Waals surface area contributed by atoms with Crippen molar-refractivity contribution in [3.63, 3.8) is 0 Å². The van der Waals surface area contributed by atoms with Crippen LogP contribution >= 0.6 is 0 Å². The molecule has 0 aliphatic heterocycles. The number of hydrogen-bond donors (Lipinski definition) is 2. The zero-order chi connectivity index (χ0) is 14.0. The number of Topliss-reactive ketones (excluding diaryl/α,β-unsaturated/α-hetero) is 2. The van der Waals surface area contributed by atoms with Crippen LogP contribution in [0.25, 0.3) is 0 Å². The Bertz CT molecular complexity index is 386. The first-order chi connectivity index (χ1) is 7.53. The van der Waals surface area contributed by atoms with E-state index >= 15 is 0 Å². The summed E-state index contributed by atoms with van der Waals surface area (Å²) in [6.45, 7) is 10.9. The summed E-state index contributed by atoms with van der Waals surface area (Å²) in [6, 6.07) is 0. The van der Waals surface area contributed by atoms with E-state index in [9.17, 15) is 19.8 Å². The lowest BCUT2D eigenvalue weighted by Gasteiger charge is -2.20. The van der Waals surface area contributed by atoms with Gasteiger partial charge in [-0.2, -0.15) is 0 Å². The van der Waals surface area contributed by atoms with Gasteiger partial charge >= 0.3 is 0 Å². The third kappa shape index (κ3) is 3.27. The summed E-state index contributed by atoms with van der Waals surface area (Å²) in [4.78, 5) is 23.0. The molecule has 0 spiro atoms. The van der Waals surface area contributed by atoms with Crippen molar-refractivity contribution in [1.29, 1.82) is 0 Å². The third-order valence-electron chi connectivity index (χ3n) is 2.82. The summed E-state index contributed by atoms with van der Waals surface area (Å²) in [5, 5.41) is 19.5. The molecule has 4 nitrogen and oxygen atoms in total. The van der Waals surface area contributed by atoms with Gasteiger partial charge in [-0.1, -0.05) is 20.4 Å². The Hall–Kier alpha value is -1.42. The Morgan fingerprint density at radius 1 is 1.24 bits per heavy atom. The van der Waals surface area contributed by atoms with E-state index in [1.165, 1.54) is 6.92 Å². The van der Waals surface area contributed by atoms with Crippen LogP contribution in [0.5, 0.6) is 0 Å². The Morgan fingerprint density at radius 3 is 1.94 bits per heavy atom. The molecule has 0 aromatic rings. The summed E-state index contributed by atoms with van der Waals surface area (Å²) < 4.78 is 0. The second-order valence-electron chi connectivity index (χ2n) is 4.61. The first-order valence-corrected chi connectivity index (χ1v) is 5.40. The average molecular weight is 240 g/mol. The number of hydrogen-bond acceptors (Lipinski definition) is 4. The summed E-state index contributed by atoms with van der Waals surface area (Å²) >= 11 is 0. The molecule has 0 heterocycles. The van der Waals surface area contributed by atoms with Gasteiger partial charge in [0.2, 0.25) is 5.78 Å². The quantitative estimate of drug-likeness (QED) is 0.333. The molecule has 0 aromatic heterocycles. The SMILES string of the molecule is C=C(C(O)=C(C)C(=O)[C@](C)(O)C(C)=O)C(C)C. The summed E-state index contributed by atoms with van der Waals surface area (Å²) in [6.07, 6.45) is 0. The van der Waals surface area contributed by atoms with Crippen LogP contribution in [-0.4, -0.2) is 27.4 Å². The molecule has 0 unspecified atom stereocenters. The van der Waals surface area contributed by atoms with Crippen molar-refractivity contribution in [2.24, 2.45) is 5.92 Å². The first-order valence-electron chi connectivity index (χ1n) is 5.40. The van der Waals surface area contributed by atoms with Gasteiger partial charge in [0, 0.05) is 5.57 Å². The predicted octanol–water partition coefficient (Wildman–Crippen LogP) is 1.94. The van der Waals surface area contributed by atoms with Crippen LogP contribution in [0.4, 0.5) is 0 Å². The zero-order valence-corrected chi connectivity index (χ0v) is 11.0. The van der Waals surface area contributed by atoms with Crippen LogP contribution in [0.1, 0.15) is 34.6 Å². The minimum atomic E-state index is -2.10. The van der Waals surface area contributed by atoms with E-state index in [0.29, 0.717) is 5.57 Å². The molecular formula is C13H20O4. The third-order valence-corrected chi connectivity index (χ3v) is 2.82. The second-order valence-corrected chi connectivity index (χ2v) is 4.61. The molecule has 0 amide bonds. The number of allylic oxidation sites excluding steroid dienone is 1. The molecule has 0 aliphatic carbocycles. The number of aliphatic hydroxyl groups is 2. The highest BCUT2D eigenvalue weighted by Crippen LogP contribution is 2.22. The van der Waals surface area contributed by atoms with Gasteiger partial charge in [0.25, 0.3) is 0 Å². The van der Waals surface area contributed by atoms with Gasteiger partial charge in [0.1, 0.15) is 5.76 Å². The van der Waals surface area contributed by atoms with Crippen molar-refractivity contribution in [2.45, 2.75) is 40.2 Å². The van der Waals surface area contributed by atoms with Crippen molar-refractivity contribution < 1.29 is 19.8 Å². The summed E-state index contributed by atoms with van der Waals surface area (Å²) in [7, 11) is 0. The van der Waals surface area contributed by atoms with Crippen LogP contribution < -0.4 is 0 Å². The van der Waals surface area contributed by atoms with E-state index in [-0.39, 0.29) is 17.3 Å². The van der Waals surface area contributed by atoms with Crippen molar-refractivity contribution in [1.82, 2.24) is 0 Å². The average Bonchev–Trinajstić information content (AvgIpc) is 2.24. The zero-order valence-electron chi connectivity index (χ0n) is 11.0. The predicted molar refractivity (Wildman–Crippen MR) is 65.6 cm³/mol. The maximum Gasteiger partial charge on any atom is 0.201 e. The van der Waals surface area contributed by atoms with Crippen molar-refractivity contribution in [2.75, 3.05) is 0 Å². The first kappa shape index (κ1) is 15.6. The lowest BCUT2D eigenvalue weighted by Crippen LogP contribution is -2.43. The normalized spacial score (nSPS) is 16.2. The van der Waals surface area contributed by atoms with E-state index in [4.69, 9.17) is 0 Å². The molecule has 4 heteroatoms. The fourth-order valence-corrected chi connectivity index (χ4v) is 1.15. The monoisotopic (exact) mass is 240 g/mol. The Balaban J connectivity index is 5.39. The van der Waals surface area contributed by atoms with Crippen LogP contribution in [0.2, 0.25) is 0 Å². The van der Waals surface area contributed by atoms with Crippen LogP contribution in [0.15, 0.2) is 23.5 Å². The molecule has 0 saturated heterocycles. The number of carbonyl (C=O) groups excluding carboxylic acids is 2. The Kier molecular flexibility index (Phi) is 4.83. The molecule has 0 fully saturated rings. The van der Waals surface area contributed by atoms with Gasteiger partial charge in [-0.3, -0.25) is 9.59 Å². The van der Waals surface area contributed by atoms with Crippen molar-refractivity contribution in [3.8, 4) is 0 Å². The van der Waals surface area contributed by atoms with Crippen molar-refractivity contribution >= 4 is 11.6 Å². The maximum absolute atomic E-state index is 11.8. The topological polar surface area (TPSA) is 74.6 Å². The van der Waals surface area contributed by atoms with Crippen LogP contribution in [0.3, 0.4) is 0 Å². The molecule has 0 bridgehead atoms. The number of rotatable bonds is 5. The fourth-order valence-electron chi connectivity index (χ4n) is 1.15. The van der Waals surface area contributed by atoms with Gasteiger partial charge in [-0.25, -0.2) is 0 Å². The van der Waals surface area contributed by atoms with E-state index in [0.717, 1.165) is 13.8 Å². The summed E-state index contributed by atoms with van der Waals surface area (Å²) in [5.74, 6) is -1.75. The molecule has 17 heavy (non-hydrogen) atoms. The van der Waals surface area contributed by atoms with Gasteiger partial charge < -0.3 is 10.2 Å². The van der Waals surface area contributed by atoms with Gasteiger partial charge in [0.15, 0.2) is 11.4 Å². The number of aliphatic hydroxyl groups excluding tert-OH is 1. The molecule has 0 radical (unpaired) electrons. The lowest BCUT2D eigenvalue weighted by molar-refractivity contribution is -0.145. The van der Waals surface area contributed by atoms with Gasteiger partial charge in [0.05, 0.1) is 0 Å². The van der Waals surface area contributed by atoms with Gasteiger partial charge in [-0.15, -0.1) is 0 Å². The standard InChI is InChI=1S/C13H20O4/c1-7(2)8(3)11(15)9(4)12(16)13(6,17)10(5)14/h7,15,17H,3H2,1-2,4-6H3/t13-/m1/s1. The molecule has 0 rings (SSSR count). The largest absolute Gasteiger partial charge is 0.507 e. The van der Waals surface area contributed by atoms with Crippen LogP contribution in [0, 0.1) is 5.92 Å². The number of ketones is 2. The fraction of sp³-hybridized carbons (Fsp3) is 0.538. The van der Waals surface area contributed by atoms with E-state index in [1.54, 1.807) is 0 Å². The molecule has 1 atom stereocenters. The Morgan fingerprint density at radius 2 is 1.65 bits per heavy atom. The molecular weight excluding hydrogens is 220 g/mol. The maximum atomic E-state index is 11.8. The van der Waals surface area contributed by atoms with E-state index in [2.05, 4.69) is 6.58 Å². The van der Waals surface area contributed by atoms with Crippen LogP contribution in [-0.2, 0) is 9.59 Å². The summed E-state index contributed by atoms with van der Waals surface area (Å²) in [5.41, 5.74) is -1.76. The molecule has 0 saturated carbocycles. The van der Waals surface area contributed by atoms with Gasteiger partial charge in [-0.05, 0) is 32.3 Å². The highest BCUT2D eigenvalue weighted by Gasteiger charge is 2.37. The molecule has 96 valence electrons. The lowest BCUT2D eigenvalue weighted by atomic mass is 9.89. The van der Waals surface area contributed by atoms with E-state index in [1.807, 2.05) is 13.8 Å². The highest BCUT2D eigenvalue weighted by molar-refractivity contribution is 6.16. The molecule has 0 aromatic carbocycles. The van der Waals surface area contributed by atoms with E-state index < -0.39 is 17.2 Å². The second kappa shape index (κ2) is 5.27. The minimum absolute atomic E-state index is 0.0278. The molecule has 0 aliphatic rings. The highest BCUT2D eigenvalue weighted by atomic mass is 16.3. The minimum Gasteiger partial charge on any atom is -0.507 e. The number of carbonyl (C=O) groups is 2. The Labute approximate surface area is 102 Å². The smallest absolute Gasteiger partial charge is 0.201 e. The van der Waals surface area contributed by atoms with Crippen molar-refractivity contribution in [3.05, 3.63) is 23.5 Å².